The van der Waals surface area contributed by atoms with Crippen LogP contribution in [0.25, 0.3) is 0 Å². The van der Waals surface area contributed by atoms with Crippen molar-refractivity contribution in [3.8, 4) is 0 Å². The van der Waals surface area contributed by atoms with Crippen LogP contribution in [0.1, 0.15) is 21.5 Å². The zero-order chi connectivity index (χ0) is 19.8. The van der Waals surface area contributed by atoms with Gasteiger partial charge < -0.3 is 15.5 Å². The fraction of sp³-hybridized carbons (Fsp3) is 0.300. The van der Waals surface area contributed by atoms with Gasteiger partial charge in [0.15, 0.2) is 5.96 Å². The van der Waals surface area contributed by atoms with Crippen LogP contribution in [-0.4, -0.2) is 44.5 Å². The Bertz CT molecular complexity index is 821. The standard InChI is InChI=1S/C20H24F2N4O/c1-23-20(25-13-16-12-17(21)7-8-18(16)22)24-10-9-14-5-4-6-15(11-14)19(27)26(2)3/h4-8,11-12H,9-10,13H2,1-3H3,(H2,23,24,25). The van der Waals surface area contributed by atoms with Gasteiger partial charge in [-0.1, -0.05) is 12.1 Å². The Morgan fingerprint density at radius 1 is 1.11 bits per heavy atom. The Kier molecular flexibility index (Phi) is 7.28. The van der Waals surface area contributed by atoms with E-state index < -0.39 is 11.6 Å². The molecule has 0 fully saturated rings. The van der Waals surface area contributed by atoms with Gasteiger partial charge in [0, 0.05) is 45.4 Å². The molecule has 0 heterocycles. The van der Waals surface area contributed by atoms with Crippen LogP contribution < -0.4 is 10.6 Å². The summed E-state index contributed by atoms with van der Waals surface area (Å²) in [4.78, 5) is 17.6. The second-order valence-corrected chi connectivity index (χ2v) is 6.24. The highest BCUT2D eigenvalue weighted by molar-refractivity contribution is 5.94. The molecule has 0 saturated carbocycles. The zero-order valence-corrected chi connectivity index (χ0v) is 15.7. The average Bonchev–Trinajstić information content (AvgIpc) is 2.66. The van der Waals surface area contributed by atoms with Crippen LogP contribution in [0.4, 0.5) is 8.78 Å². The molecule has 0 aliphatic rings. The van der Waals surface area contributed by atoms with Crippen molar-refractivity contribution in [2.75, 3.05) is 27.7 Å². The van der Waals surface area contributed by atoms with Gasteiger partial charge in [-0.3, -0.25) is 9.79 Å². The summed E-state index contributed by atoms with van der Waals surface area (Å²) in [7, 11) is 5.04. The molecule has 1 amide bonds. The molecule has 0 saturated heterocycles. The SMILES string of the molecule is CN=C(NCCc1cccc(C(=O)N(C)C)c1)NCc1cc(F)ccc1F. The molecule has 0 atom stereocenters. The van der Waals surface area contributed by atoms with Crippen molar-refractivity contribution in [2.45, 2.75) is 13.0 Å². The van der Waals surface area contributed by atoms with Gasteiger partial charge in [0.25, 0.3) is 5.91 Å². The summed E-state index contributed by atoms with van der Waals surface area (Å²) in [6.07, 6.45) is 0.684. The largest absolute Gasteiger partial charge is 0.356 e. The van der Waals surface area contributed by atoms with E-state index in [0.29, 0.717) is 24.5 Å². The normalized spacial score (nSPS) is 11.2. The van der Waals surface area contributed by atoms with Gasteiger partial charge in [0.05, 0.1) is 0 Å². The second-order valence-electron chi connectivity index (χ2n) is 6.24. The molecule has 2 aromatic rings. The molecule has 2 N–H and O–H groups in total. The van der Waals surface area contributed by atoms with E-state index in [-0.39, 0.29) is 18.0 Å². The Labute approximate surface area is 158 Å². The van der Waals surface area contributed by atoms with Crippen LogP contribution in [-0.2, 0) is 13.0 Å². The molecule has 2 rings (SSSR count). The van der Waals surface area contributed by atoms with Crippen molar-refractivity contribution in [1.82, 2.24) is 15.5 Å². The average molecular weight is 374 g/mol. The minimum Gasteiger partial charge on any atom is -0.356 e. The van der Waals surface area contributed by atoms with Crippen LogP contribution in [0.5, 0.6) is 0 Å². The Morgan fingerprint density at radius 3 is 2.59 bits per heavy atom. The van der Waals surface area contributed by atoms with Crippen molar-refractivity contribution in [3.63, 3.8) is 0 Å². The van der Waals surface area contributed by atoms with Crippen molar-refractivity contribution in [3.05, 3.63) is 70.8 Å². The summed E-state index contributed by atoms with van der Waals surface area (Å²) in [5, 5.41) is 6.08. The van der Waals surface area contributed by atoms with Gasteiger partial charge in [-0.05, 0) is 42.3 Å². The molecule has 5 nitrogen and oxygen atoms in total. The van der Waals surface area contributed by atoms with E-state index in [9.17, 15) is 13.6 Å². The molecule has 0 aromatic heterocycles. The number of hydrogen-bond acceptors (Lipinski definition) is 2. The Hall–Kier alpha value is -2.96. The van der Waals surface area contributed by atoms with Crippen LogP contribution in [0.2, 0.25) is 0 Å². The summed E-state index contributed by atoms with van der Waals surface area (Å²) in [5.74, 6) is -0.511. The van der Waals surface area contributed by atoms with Crippen molar-refractivity contribution in [1.29, 1.82) is 0 Å². The minimum atomic E-state index is -0.483. The van der Waals surface area contributed by atoms with Gasteiger partial charge >= 0.3 is 0 Å². The molecular formula is C20H24F2N4O. The first-order chi connectivity index (χ1) is 12.9. The van der Waals surface area contributed by atoms with E-state index in [2.05, 4.69) is 15.6 Å². The highest BCUT2D eigenvalue weighted by Gasteiger charge is 2.08. The first-order valence-electron chi connectivity index (χ1n) is 8.59. The highest BCUT2D eigenvalue weighted by Crippen LogP contribution is 2.09. The van der Waals surface area contributed by atoms with Gasteiger partial charge in [-0.2, -0.15) is 0 Å². The summed E-state index contributed by atoms with van der Waals surface area (Å²) >= 11 is 0. The first-order valence-corrected chi connectivity index (χ1v) is 8.59. The maximum atomic E-state index is 13.7. The minimum absolute atomic E-state index is 0.0422. The number of halogens is 2. The lowest BCUT2D eigenvalue weighted by molar-refractivity contribution is 0.0827. The molecule has 0 bridgehead atoms. The summed E-state index contributed by atoms with van der Waals surface area (Å²) < 4.78 is 26.9. The third-order valence-corrected chi connectivity index (χ3v) is 3.96. The Morgan fingerprint density at radius 2 is 1.89 bits per heavy atom. The number of benzene rings is 2. The second kappa shape index (κ2) is 9.66. The molecule has 7 heteroatoms. The monoisotopic (exact) mass is 374 g/mol. The van der Waals surface area contributed by atoms with Gasteiger partial charge in [-0.25, -0.2) is 8.78 Å². The molecule has 0 unspecified atom stereocenters. The van der Waals surface area contributed by atoms with E-state index in [1.54, 1.807) is 27.2 Å². The lowest BCUT2D eigenvalue weighted by Crippen LogP contribution is -2.38. The third-order valence-electron chi connectivity index (χ3n) is 3.96. The van der Waals surface area contributed by atoms with Crippen LogP contribution in [0, 0.1) is 11.6 Å². The Balaban J connectivity index is 1.87. The lowest BCUT2D eigenvalue weighted by atomic mass is 10.1. The maximum absolute atomic E-state index is 13.7. The van der Waals surface area contributed by atoms with E-state index in [0.717, 1.165) is 23.8 Å². The quantitative estimate of drug-likeness (QED) is 0.604. The highest BCUT2D eigenvalue weighted by atomic mass is 19.1. The molecule has 27 heavy (non-hydrogen) atoms. The molecular weight excluding hydrogens is 350 g/mol. The number of hydrogen-bond donors (Lipinski definition) is 2. The number of carbonyl (C=O) groups is 1. The van der Waals surface area contributed by atoms with E-state index in [1.165, 1.54) is 4.90 Å². The zero-order valence-electron chi connectivity index (χ0n) is 15.7. The topological polar surface area (TPSA) is 56.7 Å². The fourth-order valence-corrected chi connectivity index (χ4v) is 2.52. The van der Waals surface area contributed by atoms with Gasteiger partial charge in [-0.15, -0.1) is 0 Å². The van der Waals surface area contributed by atoms with E-state index >= 15 is 0 Å². The first kappa shape index (κ1) is 20.4. The summed E-state index contributed by atoms with van der Waals surface area (Å²) in [6.45, 7) is 0.695. The van der Waals surface area contributed by atoms with Crippen LogP contribution in [0.15, 0.2) is 47.5 Å². The van der Waals surface area contributed by atoms with Gasteiger partial charge in [0.1, 0.15) is 11.6 Å². The third kappa shape index (κ3) is 6.06. The number of guanidine groups is 1. The van der Waals surface area contributed by atoms with Gasteiger partial charge in [0.2, 0.25) is 0 Å². The van der Waals surface area contributed by atoms with Crippen molar-refractivity contribution < 1.29 is 13.6 Å². The summed E-state index contributed by atoms with van der Waals surface area (Å²) in [6, 6.07) is 10.8. The van der Waals surface area contributed by atoms with Crippen LogP contribution in [0.3, 0.4) is 0 Å². The molecule has 0 radical (unpaired) electrons. The van der Waals surface area contributed by atoms with Crippen molar-refractivity contribution in [2.24, 2.45) is 4.99 Å². The fourth-order valence-electron chi connectivity index (χ4n) is 2.52. The molecule has 2 aromatic carbocycles. The molecule has 0 aliphatic carbocycles. The predicted molar refractivity (Wildman–Crippen MR) is 103 cm³/mol. The number of carbonyl (C=O) groups excluding carboxylic acids is 1. The number of aliphatic imine (C=N–C) groups is 1. The number of amides is 1. The van der Waals surface area contributed by atoms with E-state index in [4.69, 9.17) is 0 Å². The smallest absolute Gasteiger partial charge is 0.253 e. The molecule has 0 aliphatic heterocycles. The molecule has 144 valence electrons. The number of rotatable bonds is 6. The maximum Gasteiger partial charge on any atom is 0.253 e. The van der Waals surface area contributed by atoms with Crippen molar-refractivity contribution >= 4 is 11.9 Å². The lowest BCUT2D eigenvalue weighted by Gasteiger charge is -2.13. The van der Waals surface area contributed by atoms with Crippen LogP contribution >= 0.6 is 0 Å². The number of nitrogens with one attached hydrogen (secondary N) is 2. The predicted octanol–water partition coefficient (Wildman–Crippen LogP) is 2.57. The summed E-state index contributed by atoms with van der Waals surface area (Å²) in [5.41, 5.74) is 1.89. The molecule has 0 spiro atoms. The number of nitrogens with zero attached hydrogens (tertiary/aromatic N) is 2. The van der Waals surface area contributed by atoms with E-state index in [1.807, 2.05) is 18.2 Å².